The predicted molar refractivity (Wildman–Crippen MR) is 97.4 cm³/mol. The molecule has 0 aliphatic carbocycles. The summed E-state index contributed by atoms with van der Waals surface area (Å²) in [5.74, 6) is 0.423. The van der Waals surface area contributed by atoms with Gasteiger partial charge in [0.2, 0.25) is 11.8 Å². The van der Waals surface area contributed by atoms with E-state index in [0.717, 1.165) is 12.1 Å². The van der Waals surface area contributed by atoms with Crippen LogP contribution in [-0.2, 0) is 14.3 Å². The molecular formula is C17H24ClN3O4. The third-order valence-corrected chi connectivity index (χ3v) is 4.64. The van der Waals surface area contributed by atoms with Crippen molar-refractivity contribution >= 4 is 35.6 Å². The third kappa shape index (κ3) is 4.05. The molecule has 0 aromatic heterocycles. The zero-order valence-electron chi connectivity index (χ0n) is 14.2. The summed E-state index contributed by atoms with van der Waals surface area (Å²) in [5.41, 5.74) is 6.61. The van der Waals surface area contributed by atoms with Crippen molar-refractivity contribution in [2.75, 3.05) is 37.1 Å². The minimum absolute atomic E-state index is 0. The molecule has 2 heterocycles. The van der Waals surface area contributed by atoms with Gasteiger partial charge in [-0.3, -0.25) is 9.59 Å². The Bertz CT molecular complexity index is 647. The first-order valence-corrected chi connectivity index (χ1v) is 8.20. The molecule has 25 heavy (non-hydrogen) atoms. The van der Waals surface area contributed by atoms with E-state index in [1.807, 2.05) is 0 Å². The molecule has 0 atom stereocenters. The van der Waals surface area contributed by atoms with Gasteiger partial charge in [-0.15, -0.1) is 12.4 Å². The van der Waals surface area contributed by atoms with Gasteiger partial charge < -0.3 is 25.4 Å². The standard InChI is InChI=1S/C17H23N3O4.ClH/c1-23-14-11-12(4-5-13(14)20-8-2-3-15(20)21)19-16(22)17(18)6-9-24-10-7-17;/h4-5,11H,2-3,6-10,18H2,1H3,(H,19,22);1H. The number of benzene rings is 1. The lowest BCUT2D eigenvalue weighted by atomic mass is 9.90. The number of halogens is 1. The Kier molecular flexibility index (Phi) is 6.26. The largest absolute Gasteiger partial charge is 0.494 e. The first-order valence-electron chi connectivity index (χ1n) is 8.20. The van der Waals surface area contributed by atoms with Crippen LogP contribution < -0.4 is 20.7 Å². The molecule has 3 N–H and O–H groups in total. The van der Waals surface area contributed by atoms with E-state index in [2.05, 4.69) is 5.32 Å². The van der Waals surface area contributed by atoms with Gasteiger partial charge in [-0.25, -0.2) is 0 Å². The van der Waals surface area contributed by atoms with Crippen LogP contribution in [0.3, 0.4) is 0 Å². The van der Waals surface area contributed by atoms with Crippen LogP contribution in [0, 0.1) is 0 Å². The summed E-state index contributed by atoms with van der Waals surface area (Å²) in [6.07, 6.45) is 2.39. The van der Waals surface area contributed by atoms with Crippen molar-refractivity contribution in [1.29, 1.82) is 0 Å². The Balaban J connectivity index is 0.00000225. The minimum atomic E-state index is -0.908. The number of amides is 2. The number of nitrogens with zero attached hydrogens (tertiary/aromatic N) is 1. The van der Waals surface area contributed by atoms with E-state index in [9.17, 15) is 9.59 Å². The highest BCUT2D eigenvalue weighted by Crippen LogP contribution is 2.34. The van der Waals surface area contributed by atoms with Gasteiger partial charge in [-0.2, -0.15) is 0 Å². The van der Waals surface area contributed by atoms with Crippen LogP contribution in [0.5, 0.6) is 5.75 Å². The van der Waals surface area contributed by atoms with Gasteiger partial charge in [-0.1, -0.05) is 0 Å². The van der Waals surface area contributed by atoms with Crippen molar-refractivity contribution in [3.05, 3.63) is 18.2 Å². The van der Waals surface area contributed by atoms with E-state index in [0.29, 0.717) is 50.5 Å². The molecule has 0 unspecified atom stereocenters. The summed E-state index contributed by atoms with van der Waals surface area (Å²) < 4.78 is 10.7. The molecule has 3 rings (SSSR count). The van der Waals surface area contributed by atoms with Crippen LogP contribution in [0.4, 0.5) is 11.4 Å². The fraction of sp³-hybridized carbons (Fsp3) is 0.529. The summed E-state index contributed by atoms with van der Waals surface area (Å²) >= 11 is 0. The number of nitrogens with one attached hydrogen (secondary N) is 1. The molecule has 7 nitrogen and oxygen atoms in total. The predicted octanol–water partition coefficient (Wildman–Crippen LogP) is 1.69. The number of methoxy groups -OCH3 is 1. The molecule has 1 aromatic carbocycles. The van der Waals surface area contributed by atoms with Gasteiger partial charge in [0, 0.05) is 37.9 Å². The smallest absolute Gasteiger partial charge is 0.244 e. The zero-order chi connectivity index (χ0) is 17.2. The Labute approximate surface area is 153 Å². The lowest BCUT2D eigenvalue weighted by Crippen LogP contribution is -2.54. The van der Waals surface area contributed by atoms with Gasteiger partial charge in [0.25, 0.3) is 0 Å². The third-order valence-electron chi connectivity index (χ3n) is 4.64. The Morgan fingerprint density at radius 1 is 1.36 bits per heavy atom. The molecule has 0 spiro atoms. The second-order valence-corrected chi connectivity index (χ2v) is 6.26. The Morgan fingerprint density at radius 3 is 2.68 bits per heavy atom. The van der Waals surface area contributed by atoms with Crippen molar-refractivity contribution < 1.29 is 19.1 Å². The normalized spacial score (nSPS) is 19.3. The van der Waals surface area contributed by atoms with E-state index in [1.165, 1.54) is 0 Å². The molecule has 0 bridgehead atoms. The summed E-state index contributed by atoms with van der Waals surface area (Å²) in [6.45, 7) is 1.67. The fourth-order valence-corrected chi connectivity index (χ4v) is 3.10. The molecule has 0 radical (unpaired) electrons. The highest BCUT2D eigenvalue weighted by molar-refractivity contribution is 6.00. The molecule has 2 aliphatic heterocycles. The number of hydrogen-bond acceptors (Lipinski definition) is 5. The Hall–Kier alpha value is -1.83. The molecule has 2 fully saturated rings. The quantitative estimate of drug-likeness (QED) is 0.842. The van der Waals surface area contributed by atoms with Crippen LogP contribution >= 0.6 is 12.4 Å². The molecule has 1 aromatic rings. The number of rotatable bonds is 4. The van der Waals surface area contributed by atoms with Crippen molar-refractivity contribution in [1.82, 2.24) is 0 Å². The van der Waals surface area contributed by atoms with Gasteiger partial charge in [0.05, 0.1) is 12.8 Å². The first kappa shape index (κ1) is 19.5. The average Bonchev–Trinajstić information content (AvgIpc) is 3.01. The monoisotopic (exact) mass is 369 g/mol. The molecular weight excluding hydrogens is 346 g/mol. The lowest BCUT2D eigenvalue weighted by Gasteiger charge is -2.31. The van der Waals surface area contributed by atoms with Gasteiger partial charge >= 0.3 is 0 Å². The van der Waals surface area contributed by atoms with Crippen LogP contribution in [0.25, 0.3) is 0 Å². The van der Waals surface area contributed by atoms with E-state index in [4.69, 9.17) is 15.2 Å². The highest BCUT2D eigenvalue weighted by atomic mass is 35.5. The van der Waals surface area contributed by atoms with Gasteiger partial charge in [-0.05, 0) is 31.4 Å². The van der Waals surface area contributed by atoms with E-state index in [-0.39, 0.29) is 24.2 Å². The molecule has 2 aliphatic rings. The summed E-state index contributed by atoms with van der Waals surface area (Å²) in [6, 6.07) is 5.29. The zero-order valence-corrected chi connectivity index (χ0v) is 15.1. The number of carbonyl (C=O) groups excluding carboxylic acids is 2. The summed E-state index contributed by atoms with van der Waals surface area (Å²) in [4.78, 5) is 26.1. The summed E-state index contributed by atoms with van der Waals surface area (Å²) in [7, 11) is 1.55. The number of hydrogen-bond donors (Lipinski definition) is 2. The maximum atomic E-state index is 12.5. The average molecular weight is 370 g/mol. The molecule has 138 valence electrons. The number of nitrogens with two attached hydrogens (primary N) is 1. The van der Waals surface area contributed by atoms with Crippen molar-refractivity contribution in [3.63, 3.8) is 0 Å². The molecule has 8 heteroatoms. The SMILES string of the molecule is COc1cc(NC(=O)C2(N)CCOCC2)ccc1N1CCCC1=O.Cl. The van der Waals surface area contributed by atoms with Gasteiger partial charge in [0.15, 0.2) is 0 Å². The van der Waals surface area contributed by atoms with Gasteiger partial charge in [0.1, 0.15) is 11.3 Å². The number of anilines is 2. The van der Waals surface area contributed by atoms with Crippen LogP contribution in [-0.4, -0.2) is 44.2 Å². The molecule has 2 amide bonds. The van der Waals surface area contributed by atoms with E-state index >= 15 is 0 Å². The first-order chi connectivity index (χ1) is 11.5. The summed E-state index contributed by atoms with van der Waals surface area (Å²) in [5, 5.41) is 2.85. The van der Waals surface area contributed by atoms with E-state index < -0.39 is 5.54 Å². The fourth-order valence-electron chi connectivity index (χ4n) is 3.10. The lowest BCUT2D eigenvalue weighted by molar-refractivity contribution is -0.124. The van der Waals surface area contributed by atoms with Crippen LogP contribution in [0.2, 0.25) is 0 Å². The second-order valence-electron chi connectivity index (χ2n) is 6.26. The van der Waals surface area contributed by atoms with E-state index in [1.54, 1.807) is 30.2 Å². The number of ether oxygens (including phenoxy) is 2. The Morgan fingerprint density at radius 2 is 2.08 bits per heavy atom. The maximum absolute atomic E-state index is 12.5. The van der Waals surface area contributed by atoms with Crippen molar-refractivity contribution in [3.8, 4) is 5.75 Å². The topological polar surface area (TPSA) is 93.9 Å². The van der Waals surface area contributed by atoms with Crippen LogP contribution in [0.15, 0.2) is 18.2 Å². The second kappa shape index (κ2) is 8.03. The number of carbonyl (C=O) groups is 2. The van der Waals surface area contributed by atoms with Crippen LogP contribution in [0.1, 0.15) is 25.7 Å². The highest BCUT2D eigenvalue weighted by Gasteiger charge is 2.36. The van der Waals surface area contributed by atoms with Crippen molar-refractivity contribution in [2.45, 2.75) is 31.2 Å². The van der Waals surface area contributed by atoms with Crippen molar-refractivity contribution in [2.24, 2.45) is 5.73 Å². The maximum Gasteiger partial charge on any atom is 0.244 e. The minimum Gasteiger partial charge on any atom is -0.494 e. The molecule has 0 saturated carbocycles. The molecule has 2 saturated heterocycles.